The van der Waals surface area contributed by atoms with Crippen molar-refractivity contribution in [3.63, 3.8) is 0 Å². The van der Waals surface area contributed by atoms with Crippen LogP contribution in [0.3, 0.4) is 0 Å². The number of nitrogens with zero attached hydrogens (tertiary/aromatic N) is 2. The Morgan fingerprint density at radius 3 is 2.35 bits per heavy atom. The van der Waals surface area contributed by atoms with Gasteiger partial charge in [-0.25, -0.2) is 4.39 Å². The molecule has 1 amide bonds. The summed E-state index contributed by atoms with van der Waals surface area (Å²) in [6.45, 7) is 1.58. The number of hydrogen-bond donors (Lipinski definition) is 0. The Morgan fingerprint density at radius 2 is 1.80 bits per heavy atom. The first-order valence-corrected chi connectivity index (χ1v) is 7.13. The van der Waals surface area contributed by atoms with Crippen LogP contribution < -0.4 is 0 Å². The minimum atomic E-state index is -0.494. The molecule has 1 unspecified atom stereocenters. The van der Waals surface area contributed by atoms with Gasteiger partial charge in [0.05, 0.1) is 12.0 Å². The number of halogens is 1. The summed E-state index contributed by atoms with van der Waals surface area (Å²) in [5, 5.41) is 9.24. The van der Waals surface area contributed by atoms with Gasteiger partial charge in [-0.15, -0.1) is 0 Å². The summed E-state index contributed by atoms with van der Waals surface area (Å²) in [4.78, 5) is 14.1. The minimum absolute atomic E-state index is 0.0303. The van der Waals surface area contributed by atoms with Crippen LogP contribution in [-0.2, 0) is 4.79 Å². The quantitative estimate of drug-likeness (QED) is 0.849. The molecule has 1 fully saturated rings. The number of rotatable bonds is 3. The molecule has 1 heterocycles. The summed E-state index contributed by atoms with van der Waals surface area (Å²) in [6.07, 6.45) is 4.61. The lowest BCUT2D eigenvalue weighted by atomic mass is 9.96. The first-order chi connectivity index (χ1) is 9.70. The fourth-order valence-corrected chi connectivity index (χ4v) is 2.56. The van der Waals surface area contributed by atoms with Crippen molar-refractivity contribution in [1.29, 1.82) is 5.26 Å². The molecule has 1 aliphatic heterocycles. The average molecular weight is 274 g/mol. The van der Waals surface area contributed by atoms with Crippen molar-refractivity contribution in [3.05, 3.63) is 35.6 Å². The van der Waals surface area contributed by atoms with Crippen LogP contribution in [0.5, 0.6) is 0 Å². The molecule has 1 aliphatic rings. The normalized spacial score (nSPS) is 17.1. The third-order valence-corrected chi connectivity index (χ3v) is 3.77. The summed E-state index contributed by atoms with van der Waals surface area (Å²) in [5.41, 5.74) is 0.706. The zero-order valence-corrected chi connectivity index (χ0v) is 11.5. The fourth-order valence-electron chi connectivity index (χ4n) is 2.56. The summed E-state index contributed by atoms with van der Waals surface area (Å²) < 4.78 is 12.9. The van der Waals surface area contributed by atoms with Crippen molar-refractivity contribution < 1.29 is 9.18 Å². The number of carbonyl (C=O) groups excluding carboxylic acids is 1. The van der Waals surface area contributed by atoms with Gasteiger partial charge in [0.25, 0.3) is 0 Å². The van der Waals surface area contributed by atoms with Crippen LogP contribution in [0.4, 0.5) is 4.39 Å². The Balaban J connectivity index is 2.00. The first-order valence-electron chi connectivity index (χ1n) is 7.13. The molecule has 1 aromatic rings. The van der Waals surface area contributed by atoms with E-state index in [1.807, 2.05) is 4.90 Å². The molecule has 2 rings (SSSR count). The number of hydrogen-bond acceptors (Lipinski definition) is 2. The second kappa shape index (κ2) is 7.04. The van der Waals surface area contributed by atoms with Crippen molar-refractivity contribution in [3.8, 4) is 6.07 Å². The van der Waals surface area contributed by atoms with Gasteiger partial charge < -0.3 is 4.90 Å². The van der Waals surface area contributed by atoms with E-state index in [1.54, 1.807) is 12.1 Å². The van der Waals surface area contributed by atoms with Gasteiger partial charge in [0.1, 0.15) is 5.82 Å². The second-order valence-electron chi connectivity index (χ2n) is 5.23. The van der Waals surface area contributed by atoms with Crippen LogP contribution in [0.15, 0.2) is 24.3 Å². The van der Waals surface area contributed by atoms with Crippen LogP contribution in [0, 0.1) is 17.1 Å². The summed E-state index contributed by atoms with van der Waals surface area (Å²) in [7, 11) is 0. The monoisotopic (exact) mass is 274 g/mol. The van der Waals surface area contributed by atoms with E-state index >= 15 is 0 Å². The molecule has 0 radical (unpaired) electrons. The van der Waals surface area contributed by atoms with Gasteiger partial charge in [0, 0.05) is 19.5 Å². The molecule has 0 spiro atoms. The highest BCUT2D eigenvalue weighted by molar-refractivity contribution is 5.77. The molecule has 0 N–H and O–H groups in total. The predicted molar refractivity (Wildman–Crippen MR) is 74.4 cm³/mol. The number of carbonyl (C=O) groups is 1. The maximum atomic E-state index is 12.9. The lowest BCUT2D eigenvalue weighted by Crippen LogP contribution is -2.32. The Bertz CT molecular complexity index is 484. The van der Waals surface area contributed by atoms with Crippen LogP contribution in [0.2, 0.25) is 0 Å². The molecule has 3 nitrogen and oxygen atoms in total. The topological polar surface area (TPSA) is 44.1 Å². The van der Waals surface area contributed by atoms with Crippen molar-refractivity contribution >= 4 is 5.91 Å². The predicted octanol–water partition coefficient (Wildman–Crippen LogP) is 3.23. The number of benzene rings is 1. The highest BCUT2D eigenvalue weighted by Crippen LogP contribution is 2.21. The molecule has 1 atom stereocenters. The largest absolute Gasteiger partial charge is 0.343 e. The molecule has 20 heavy (non-hydrogen) atoms. The first kappa shape index (κ1) is 14.5. The van der Waals surface area contributed by atoms with E-state index in [-0.39, 0.29) is 18.1 Å². The zero-order valence-electron chi connectivity index (χ0n) is 11.5. The van der Waals surface area contributed by atoms with Gasteiger partial charge in [-0.05, 0) is 30.5 Å². The highest BCUT2D eigenvalue weighted by Gasteiger charge is 2.21. The molecule has 0 aromatic heterocycles. The van der Waals surface area contributed by atoms with E-state index in [0.717, 1.165) is 25.9 Å². The summed E-state index contributed by atoms with van der Waals surface area (Å²) in [5.74, 6) is -0.793. The molecule has 1 aromatic carbocycles. The van der Waals surface area contributed by atoms with Crippen molar-refractivity contribution in [2.24, 2.45) is 0 Å². The van der Waals surface area contributed by atoms with Gasteiger partial charge in [-0.2, -0.15) is 5.26 Å². The van der Waals surface area contributed by atoms with E-state index in [4.69, 9.17) is 0 Å². The molecule has 106 valence electrons. The third kappa shape index (κ3) is 3.80. The van der Waals surface area contributed by atoms with E-state index in [2.05, 4.69) is 6.07 Å². The maximum absolute atomic E-state index is 12.9. The smallest absolute Gasteiger partial charge is 0.224 e. The molecule has 0 aliphatic carbocycles. The van der Waals surface area contributed by atoms with E-state index < -0.39 is 5.92 Å². The van der Waals surface area contributed by atoms with Gasteiger partial charge in [-0.1, -0.05) is 25.0 Å². The Kier molecular flexibility index (Phi) is 5.11. The van der Waals surface area contributed by atoms with Crippen molar-refractivity contribution in [2.45, 2.75) is 38.0 Å². The van der Waals surface area contributed by atoms with Crippen LogP contribution in [0.25, 0.3) is 0 Å². The van der Waals surface area contributed by atoms with E-state index in [9.17, 15) is 14.4 Å². The van der Waals surface area contributed by atoms with Gasteiger partial charge >= 0.3 is 0 Å². The Hall–Kier alpha value is -1.89. The fraction of sp³-hybridized carbons (Fsp3) is 0.500. The number of nitriles is 1. The second-order valence-corrected chi connectivity index (χ2v) is 5.23. The molecule has 1 saturated heterocycles. The molecule has 0 saturated carbocycles. The average Bonchev–Trinajstić information content (AvgIpc) is 2.75. The van der Waals surface area contributed by atoms with Crippen LogP contribution >= 0.6 is 0 Å². The molecule has 4 heteroatoms. The maximum Gasteiger partial charge on any atom is 0.224 e. The lowest BCUT2D eigenvalue weighted by Gasteiger charge is -2.21. The highest BCUT2D eigenvalue weighted by atomic mass is 19.1. The van der Waals surface area contributed by atoms with Crippen LogP contribution in [0.1, 0.15) is 43.6 Å². The van der Waals surface area contributed by atoms with E-state index in [0.29, 0.717) is 5.56 Å². The van der Waals surface area contributed by atoms with Crippen LogP contribution in [-0.4, -0.2) is 23.9 Å². The van der Waals surface area contributed by atoms with Crippen molar-refractivity contribution in [2.75, 3.05) is 13.1 Å². The SMILES string of the molecule is N#CC(CC(=O)N1CCCCCC1)c1ccc(F)cc1. The van der Waals surface area contributed by atoms with E-state index in [1.165, 1.54) is 25.0 Å². The van der Waals surface area contributed by atoms with Gasteiger partial charge in [-0.3, -0.25) is 4.79 Å². The number of amides is 1. The third-order valence-electron chi connectivity index (χ3n) is 3.77. The molecule has 0 bridgehead atoms. The number of likely N-dealkylation sites (tertiary alicyclic amines) is 1. The lowest BCUT2D eigenvalue weighted by molar-refractivity contribution is -0.131. The van der Waals surface area contributed by atoms with Crippen molar-refractivity contribution in [1.82, 2.24) is 4.90 Å². The molecular formula is C16H19FN2O. The Labute approximate surface area is 119 Å². The zero-order chi connectivity index (χ0) is 14.4. The van der Waals surface area contributed by atoms with Gasteiger partial charge in [0.15, 0.2) is 0 Å². The molecular weight excluding hydrogens is 255 g/mol. The minimum Gasteiger partial charge on any atom is -0.343 e. The Morgan fingerprint density at radius 1 is 1.20 bits per heavy atom. The summed E-state index contributed by atoms with van der Waals surface area (Å²) >= 11 is 0. The summed E-state index contributed by atoms with van der Waals surface area (Å²) in [6, 6.07) is 7.98. The van der Waals surface area contributed by atoms with Gasteiger partial charge in [0.2, 0.25) is 5.91 Å². The standard InChI is InChI=1S/C16H19FN2O/c17-15-7-5-13(6-8-15)14(12-18)11-16(20)19-9-3-1-2-4-10-19/h5-8,14H,1-4,9-11H2.